The molecule has 3 aromatic carbocycles. The zero-order chi connectivity index (χ0) is 25.1. The molecule has 1 aliphatic heterocycles. The van der Waals surface area contributed by atoms with Crippen molar-refractivity contribution in [1.82, 2.24) is 0 Å². The van der Waals surface area contributed by atoms with Crippen LogP contribution in [0.4, 0.5) is 5.69 Å². The number of hydrogen-bond donors (Lipinski definition) is 0. The smallest absolute Gasteiger partial charge is 0.340 e. The van der Waals surface area contributed by atoms with Crippen molar-refractivity contribution in [3.63, 3.8) is 0 Å². The Morgan fingerprint density at radius 3 is 2.47 bits per heavy atom. The van der Waals surface area contributed by atoms with Crippen LogP contribution in [0.5, 0.6) is 0 Å². The summed E-state index contributed by atoms with van der Waals surface area (Å²) in [6.07, 6.45) is 1.67. The van der Waals surface area contributed by atoms with Gasteiger partial charge < -0.3 is 9.15 Å². The van der Waals surface area contributed by atoms with E-state index < -0.39 is 5.97 Å². The number of nitrogens with zero attached hydrogens (tertiary/aromatic N) is 2. The highest BCUT2D eigenvalue weighted by molar-refractivity contribution is 6.33. The number of carbonyl (C=O) groups is 2. The number of furan rings is 1. The average molecular weight is 497 g/mol. The largest absolute Gasteiger partial charge is 0.457 e. The standard InChI is InChI=1S/C29H21ClN2O4/c1-19-24(28(33)32(31-19)22-10-6-3-7-11-22)17-23-13-15-27(36-23)21-12-14-26(30)25(16-21)29(34)35-18-20-8-4-2-5-9-20/h2-17H,18H2,1H3/b24-17-. The first-order chi connectivity index (χ1) is 17.5. The van der Waals surface area contributed by atoms with Crippen LogP contribution in [0.25, 0.3) is 17.4 Å². The Balaban J connectivity index is 1.35. The molecule has 7 heteroatoms. The molecule has 0 spiro atoms. The van der Waals surface area contributed by atoms with E-state index in [0.29, 0.717) is 34.1 Å². The van der Waals surface area contributed by atoms with Crippen LogP contribution in [-0.2, 0) is 16.1 Å². The van der Waals surface area contributed by atoms with Gasteiger partial charge in [0.1, 0.15) is 18.1 Å². The van der Waals surface area contributed by atoms with Crippen molar-refractivity contribution < 1.29 is 18.7 Å². The predicted molar refractivity (Wildman–Crippen MR) is 140 cm³/mol. The van der Waals surface area contributed by atoms with Crippen LogP contribution in [0, 0.1) is 0 Å². The lowest BCUT2D eigenvalue weighted by molar-refractivity contribution is -0.114. The van der Waals surface area contributed by atoms with E-state index >= 15 is 0 Å². The maximum atomic E-state index is 13.0. The summed E-state index contributed by atoms with van der Waals surface area (Å²) in [6.45, 7) is 1.93. The number of para-hydroxylation sites is 1. The van der Waals surface area contributed by atoms with E-state index in [1.165, 1.54) is 5.01 Å². The fourth-order valence-electron chi connectivity index (χ4n) is 3.79. The summed E-state index contributed by atoms with van der Waals surface area (Å²) in [6, 6.07) is 27.2. The summed E-state index contributed by atoms with van der Waals surface area (Å²) >= 11 is 6.28. The molecular formula is C29H21ClN2O4. The lowest BCUT2D eigenvalue weighted by Gasteiger charge is -2.10. The highest BCUT2D eigenvalue weighted by Crippen LogP contribution is 2.30. The summed E-state index contributed by atoms with van der Waals surface area (Å²) in [5.74, 6) is 0.257. The van der Waals surface area contributed by atoms with Crippen LogP contribution in [0.15, 0.2) is 106 Å². The van der Waals surface area contributed by atoms with E-state index in [2.05, 4.69) is 5.10 Å². The van der Waals surface area contributed by atoms with Gasteiger partial charge in [-0.05, 0) is 61.0 Å². The summed E-state index contributed by atoms with van der Waals surface area (Å²) < 4.78 is 11.4. The van der Waals surface area contributed by atoms with Crippen molar-refractivity contribution in [2.45, 2.75) is 13.5 Å². The molecule has 178 valence electrons. The molecule has 0 bridgehead atoms. The van der Waals surface area contributed by atoms with E-state index in [1.807, 2.05) is 60.7 Å². The molecule has 0 saturated carbocycles. The molecule has 1 aliphatic rings. The summed E-state index contributed by atoms with van der Waals surface area (Å²) in [7, 11) is 0. The molecule has 0 N–H and O–H groups in total. The topological polar surface area (TPSA) is 72.1 Å². The van der Waals surface area contributed by atoms with Crippen molar-refractivity contribution in [2.75, 3.05) is 5.01 Å². The summed E-state index contributed by atoms with van der Waals surface area (Å²) in [5.41, 5.74) is 3.52. The maximum absolute atomic E-state index is 13.0. The van der Waals surface area contributed by atoms with Crippen LogP contribution in [0.3, 0.4) is 0 Å². The molecule has 1 amide bonds. The molecule has 1 aromatic heterocycles. The van der Waals surface area contributed by atoms with Gasteiger partial charge in [0.25, 0.3) is 5.91 Å². The molecule has 0 saturated heterocycles. The third kappa shape index (κ3) is 4.85. The van der Waals surface area contributed by atoms with Gasteiger partial charge in [-0.3, -0.25) is 4.79 Å². The van der Waals surface area contributed by atoms with E-state index in [-0.39, 0.29) is 23.1 Å². The van der Waals surface area contributed by atoms with Gasteiger partial charge in [0.05, 0.1) is 27.6 Å². The molecule has 36 heavy (non-hydrogen) atoms. The van der Waals surface area contributed by atoms with E-state index in [4.69, 9.17) is 20.8 Å². The van der Waals surface area contributed by atoms with E-state index in [9.17, 15) is 9.59 Å². The first-order valence-electron chi connectivity index (χ1n) is 11.3. The number of benzene rings is 3. The fraction of sp³-hybridized carbons (Fsp3) is 0.0690. The van der Waals surface area contributed by atoms with Gasteiger partial charge >= 0.3 is 5.97 Å². The van der Waals surface area contributed by atoms with Crippen molar-refractivity contribution in [3.8, 4) is 11.3 Å². The van der Waals surface area contributed by atoms with Gasteiger partial charge in [-0.15, -0.1) is 0 Å². The minimum atomic E-state index is -0.524. The Morgan fingerprint density at radius 2 is 1.72 bits per heavy atom. The minimum absolute atomic E-state index is 0.146. The normalized spacial score (nSPS) is 14.3. The Kier molecular flexibility index (Phi) is 6.52. The van der Waals surface area contributed by atoms with Crippen LogP contribution < -0.4 is 5.01 Å². The van der Waals surface area contributed by atoms with Gasteiger partial charge in [0, 0.05) is 5.56 Å². The SMILES string of the molecule is CC1=NN(c2ccccc2)C(=O)/C1=C\c1ccc(-c2ccc(Cl)c(C(=O)OCc3ccccc3)c2)o1. The Labute approximate surface area is 213 Å². The molecule has 2 heterocycles. The second kappa shape index (κ2) is 10.1. The van der Waals surface area contributed by atoms with Crippen LogP contribution in [0.2, 0.25) is 5.02 Å². The number of anilines is 1. The number of halogens is 1. The van der Waals surface area contributed by atoms with Crippen LogP contribution in [0.1, 0.15) is 28.6 Å². The van der Waals surface area contributed by atoms with Crippen LogP contribution in [-0.4, -0.2) is 17.6 Å². The van der Waals surface area contributed by atoms with Crippen molar-refractivity contribution in [3.05, 3.63) is 118 Å². The lowest BCUT2D eigenvalue weighted by atomic mass is 10.1. The first-order valence-corrected chi connectivity index (χ1v) is 11.6. The van der Waals surface area contributed by atoms with Gasteiger partial charge in [-0.2, -0.15) is 10.1 Å². The number of ether oxygens (including phenoxy) is 1. The molecule has 0 unspecified atom stereocenters. The third-order valence-electron chi connectivity index (χ3n) is 5.66. The van der Waals surface area contributed by atoms with E-state index in [1.54, 1.807) is 43.3 Å². The molecule has 0 fully saturated rings. The van der Waals surface area contributed by atoms with E-state index in [0.717, 1.165) is 5.56 Å². The second-order valence-corrected chi connectivity index (χ2v) is 8.56. The molecular weight excluding hydrogens is 476 g/mol. The fourth-order valence-corrected chi connectivity index (χ4v) is 3.99. The van der Waals surface area contributed by atoms with Gasteiger partial charge in [-0.25, -0.2) is 4.79 Å². The van der Waals surface area contributed by atoms with Gasteiger partial charge in [0.15, 0.2) is 0 Å². The van der Waals surface area contributed by atoms with Crippen LogP contribution >= 0.6 is 11.6 Å². The van der Waals surface area contributed by atoms with Crippen molar-refractivity contribution >= 4 is 41.0 Å². The third-order valence-corrected chi connectivity index (χ3v) is 5.99. The number of carbonyl (C=O) groups excluding carboxylic acids is 2. The maximum Gasteiger partial charge on any atom is 0.340 e. The molecule has 0 radical (unpaired) electrons. The molecule has 6 nitrogen and oxygen atoms in total. The number of amides is 1. The highest BCUT2D eigenvalue weighted by atomic mass is 35.5. The Hall–Kier alpha value is -4.42. The first kappa shape index (κ1) is 23.3. The van der Waals surface area contributed by atoms with Gasteiger partial charge in [0.2, 0.25) is 0 Å². The molecule has 0 atom stereocenters. The molecule has 4 aromatic rings. The van der Waals surface area contributed by atoms with Crippen molar-refractivity contribution in [2.24, 2.45) is 5.10 Å². The number of hydrogen-bond acceptors (Lipinski definition) is 5. The highest BCUT2D eigenvalue weighted by Gasteiger charge is 2.29. The zero-order valence-corrected chi connectivity index (χ0v) is 20.1. The quantitative estimate of drug-likeness (QED) is 0.218. The lowest BCUT2D eigenvalue weighted by Crippen LogP contribution is -2.21. The Morgan fingerprint density at radius 1 is 1.00 bits per heavy atom. The second-order valence-electron chi connectivity index (χ2n) is 8.15. The monoisotopic (exact) mass is 496 g/mol. The summed E-state index contributed by atoms with van der Waals surface area (Å²) in [5, 5.41) is 6.05. The zero-order valence-electron chi connectivity index (χ0n) is 19.4. The Bertz CT molecular complexity index is 1490. The number of rotatable bonds is 6. The number of esters is 1. The van der Waals surface area contributed by atoms with Gasteiger partial charge in [-0.1, -0.05) is 60.1 Å². The molecule has 5 rings (SSSR count). The molecule has 0 aliphatic carbocycles. The summed E-state index contributed by atoms with van der Waals surface area (Å²) in [4.78, 5) is 25.6. The minimum Gasteiger partial charge on any atom is -0.457 e. The number of hydrazone groups is 1. The van der Waals surface area contributed by atoms with Crippen molar-refractivity contribution in [1.29, 1.82) is 0 Å². The average Bonchev–Trinajstić information content (AvgIpc) is 3.49. The predicted octanol–water partition coefficient (Wildman–Crippen LogP) is 6.76.